The van der Waals surface area contributed by atoms with Crippen LogP contribution in [0.1, 0.15) is 10.4 Å². The third-order valence-corrected chi connectivity index (χ3v) is 5.59. The summed E-state index contributed by atoms with van der Waals surface area (Å²) in [7, 11) is -4.56. The van der Waals surface area contributed by atoms with Gasteiger partial charge in [0.1, 0.15) is 21.8 Å². The summed E-state index contributed by atoms with van der Waals surface area (Å²) in [5, 5.41) is 1.42. The third kappa shape index (κ3) is 4.32. The predicted molar refractivity (Wildman–Crippen MR) is 105 cm³/mol. The van der Waals surface area contributed by atoms with Gasteiger partial charge in [-0.25, -0.2) is 8.42 Å². The fourth-order valence-electron chi connectivity index (χ4n) is 2.99. The molecule has 0 spiro atoms. The summed E-state index contributed by atoms with van der Waals surface area (Å²) in [5.41, 5.74) is 3.26. The molecule has 2 N–H and O–H groups in total. The minimum absolute atomic E-state index is 0.113. The summed E-state index contributed by atoms with van der Waals surface area (Å²) in [6, 6.07) is 15.9. The molecule has 1 aromatic heterocycles. The van der Waals surface area contributed by atoms with Crippen LogP contribution in [-0.4, -0.2) is 20.7 Å². The molecule has 1 heterocycles. The molecule has 0 saturated heterocycles. The van der Waals surface area contributed by atoms with Gasteiger partial charge in [0.05, 0.1) is 0 Å². The van der Waals surface area contributed by atoms with Gasteiger partial charge in [-0.3, -0.25) is 10.2 Å². The van der Waals surface area contributed by atoms with Crippen molar-refractivity contribution in [2.24, 2.45) is 0 Å². The van der Waals surface area contributed by atoms with E-state index in [1.54, 1.807) is 29.1 Å². The Balaban J connectivity index is 1.57. The number of furan rings is 1. The Morgan fingerprint density at radius 1 is 0.903 bits per heavy atom. The van der Waals surface area contributed by atoms with Gasteiger partial charge in [0.15, 0.2) is 0 Å². The molecule has 7 nitrogen and oxygen atoms in total. The minimum Gasteiger partial charge on any atom is -0.456 e. The van der Waals surface area contributed by atoms with E-state index in [4.69, 9.17) is 4.42 Å². The quantitative estimate of drug-likeness (QED) is 0.446. The molecule has 0 bridgehead atoms. The normalized spacial score (nSPS) is 12.2. The number of hydrogen-bond acceptors (Lipinski definition) is 5. The Kier molecular flexibility index (Phi) is 5.07. The zero-order valence-electron chi connectivity index (χ0n) is 15.4. The zero-order chi connectivity index (χ0) is 22.2. The van der Waals surface area contributed by atoms with Gasteiger partial charge in [-0.05, 0) is 36.4 Å². The molecule has 0 fully saturated rings. The molecule has 11 heteroatoms. The largest absolute Gasteiger partial charge is 0.573 e. The Morgan fingerprint density at radius 3 is 2.35 bits per heavy atom. The number of nitrogens with one attached hydrogen (secondary N) is 2. The van der Waals surface area contributed by atoms with Crippen molar-refractivity contribution in [3.8, 4) is 5.75 Å². The number of ether oxygens (including phenoxy) is 1. The van der Waals surface area contributed by atoms with Gasteiger partial charge < -0.3 is 9.15 Å². The average Bonchev–Trinajstić information content (AvgIpc) is 3.09. The average molecular weight is 450 g/mol. The van der Waals surface area contributed by atoms with E-state index in [0.717, 1.165) is 17.5 Å². The lowest BCUT2D eigenvalue weighted by Crippen LogP contribution is -2.41. The first-order valence-electron chi connectivity index (χ1n) is 8.72. The highest BCUT2D eigenvalue weighted by Crippen LogP contribution is 2.30. The van der Waals surface area contributed by atoms with E-state index < -0.39 is 32.9 Å². The second kappa shape index (κ2) is 7.60. The van der Waals surface area contributed by atoms with Crippen molar-refractivity contribution >= 4 is 37.9 Å². The first-order chi connectivity index (χ1) is 14.6. The summed E-state index contributed by atoms with van der Waals surface area (Å²) in [6.45, 7) is 0. The van der Waals surface area contributed by atoms with Crippen molar-refractivity contribution in [2.45, 2.75) is 11.3 Å². The highest BCUT2D eigenvalue weighted by molar-refractivity contribution is 7.89. The number of para-hydroxylation sites is 2. The third-order valence-electron chi connectivity index (χ3n) is 4.30. The molecule has 0 saturated carbocycles. The molecule has 160 valence electrons. The van der Waals surface area contributed by atoms with Crippen molar-refractivity contribution in [2.75, 3.05) is 0 Å². The number of rotatable bonds is 5. The number of sulfonamides is 1. The lowest BCUT2D eigenvalue weighted by Gasteiger charge is -2.14. The van der Waals surface area contributed by atoms with Gasteiger partial charge in [0, 0.05) is 16.3 Å². The lowest BCUT2D eigenvalue weighted by molar-refractivity contribution is -0.275. The van der Waals surface area contributed by atoms with Gasteiger partial charge >= 0.3 is 6.36 Å². The molecule has 0 atom stereocenters. The number of alkyl halides is 3. The van der Waals surface area contributed by atoms with Crippen molar-refractivity contribution in [3.63, 3.8) is 0 Å². The number of carbonyl (C=O) groups excluding carboxylic acids is 1. The molecule has 0 unspecified atom stereocenters. The maximum Gasteiger partial charge on any atom is 0.573 e. The van der Waals surface area contributed by atoms with Gasteiger partial charge in [-0.2, -0.15) is 0 Å². The molecule has 0 aliphatic carbocycles. The van der Waals surface area contributed by atoms with Gasteiger partial charge in [-0.15, -0.1) is 18.0 Å². The zero-order valence-corrected chi connectivity index (χ0v) is 16.3. The van der Waals surface area contributed by atoms with Crippen LogP contribution in [0.3, 0.4) is 0 Å². The topological polar surface area (TPSA) is 97.6 Å². The summed E-state index contributed by atoms with van der Waals surface area (Å²) < 4.78 is 71.9. The molecule has 0 aliphatic rings. The number of carbonyl (C=O) groups is 1. The SMILES string of the molecule is O=C(NNS(=O)(=O)c1ccccc1OC(F)(F)F)c1ccc2oc3ccccc3c2c1. The number of amides is 1. The number of fused-ring (bicyclic) bond motifs is 3. The first kappa shape index (κ1) is 20.7. The number of halogens is 3. The molecular formula is C20H13F3N2O5S. The number of benzene rings is 3. The van der Waals surface area contributed by atoms with Gasteiger partial charge in [-0.1, -0.05) is 30.3 Å². The molecule has 0 radical (unpaired) electrons. The molecule has 4 rings (SSSR count). The fraction of sp³-hybridized carbons (Fsp3) is 0.0500. The van der Waals surface area contributed by atoms with Crippen LogP contribution in [0.2, 0.25) is 0 Å². The predicted octanol–water partition coefficient (Wildman–Crippen LogP) is 4.11. The summed E-state index contributed by atoms with van der Waals surface area (Å²) in [5.74, 6) is -1.74. The van der Waals surface area contributed by atoms with Crippen LogP contribution in [0.25, 0.3) is 21.9 Å². The number of hydrogen-bond donors (Lipinski definition) is 2. The first-order valence-corrected chi connectivity index (χ1v) is 10.2. The van der Waals surface area contributed by atoms with Gasteiger partial charge in [0.2, 0.25) is 0 Å². The molecule has 3 aromatic carbocycles. The lowest BCUT2D eigenvalue weighted by atomic mass is 10.1. The van der Waals surface area contributed by atoms with Crippen molar-refractivity contribution < 1.29 is 35.5 Å². The number of hydrazine groups is 1. The summed E-state index contributed by atoms with van der Waals surface area (Å²) >= 11 is 0. The van der Waals surface area contributed by atoms with Crippen molar-refractivity contribution in [1.29, 1.82) is 0 Å². The van der Waals surface area contributed by atoms with Crippen molar-refractivity contribution in [1.82, 2.24) is 10.3 Å². The highest BCUT2D eigenvalue weighted by Gasteiger charge is 2.34. The maximum atomic E-state index is 12.5. The highest BCUT2D eigenvalue weighted by atomic mass is 32.2. The Hall–Kier alpha value is -3.57. The Bertz CT molecular complexity index is 1400. The van der Waals surface area contributed by atoms with E-state index in [1.807, 2.05) is 11.5 Å². The fourth-order valence-corrected chi connectivity index (χ4v) is 3.96. The van der Waals surface area contributed by atoms with Crippen LogP contribution in [0, 0.1) is 0 Å². The van der Waals surface area contributed by atoms with Crippen LogP contribution >= 0.6 is 0 Å². The second-order valence-corrected chi connectivity index (χ2v) is 8.01. The monoisotopic (exact) mass is 450 g/mol. The van der Waals surface area contributed by atoms with Crippen LogP contribution in [0.5, 0.6) is 5.75 Å². The molecule has 4 aromatic rings. The van der Waals surface area contributed by atoms with Gasteiger partial charge in [0.25, 0.3) is 15.9 Å². The molecule has 0 aliphatic heterocycles. The van der Waals surface area contributed by atoms with E-state index in [-0.39, 0.29) is 5.56 Å². The Labute approximate surface area is 173 Å². The summed E-state index contributed by atoms with van der Waals surface area (Å²) in [6.07, 6.45) is -5.09. The molecular weight excluding hydrogens is 437 g/mol. The summed E-state index contributed by atoms with van der Waals surface area (Å²) in [4.78, 5) is 13.5. The molecule has 31 heavy (non-hydrogen) atoms. The smallest absolute Gasteiger partial charge is 0.456 e. The Morgan fingerprint density at radius 2 is 1.58 bits per heavy atom. The van der Waals surface area contributed by atoms with E-state index in [9.17, 15) is 26.4 Å². The maximum absolute atomic E-state index is 12.5. The van der Waals surface area contributed by atoms with E-state index >= 15 is 0 Å². The second-order valence-electron chi connectivity index (χ2n) is 6.36. The van der Waals surface area contributed by atoms with E-state index in [2.05, 4.69) is 4.74 Å². The van der Waals surface area contributed by atoms with Crippen LogP contribution in [0.4, 0.5) is 13.2 Å². The van der Waals surface area contributed by atoms with Crippen LogP contribution in [0.15, 0.2) is 76.0 Å². The van der Waals surface area contributed by atoms with Crippen molar-refractivity contribution in [3.05, 3.63) is 72.3 Å². The van der Waals surface area contributed by atoms with E-state index in [0.29, 0.717) is 16.6 Å². The standard InChI is InChI=1S/C20H13F3N2O5S/c21-20(22,23)30-17-7-3-4-8-18(17)31(27,28)25-24-19(26)12-9-10-16-14(11-12)13-5-1-2-6-15(13)29-16/h1-11,25H,(H,24,26). The molecule has 1 amide bonds. The van der Waals surface area contributed by atoms with Crippen LogP contribution < -0.4 is 15.0 Å². The minimum atomic E-state index is -5.09. The van der Waals surface area contributed by atoms with Crippen LogP contribution in [-0.2, 0) is 10.0 Å². The van der Waals surface area contributed by atoms with E-state index in [1.165, 1.54) is 24.3 Å².